The molecular weight excluding hydrogens is 326 g/mol. The molecule has 1 saturated heterocycles. The Bertz CT molecular complexity index is 729. The van der Waals surface area contributed by atoms with Gasteiger partial charge >= 0.3 is 0 Å². The summed E-state index contributed by atoms with van der Waals surface area (Å²) in [6.45, 7) is 7.43. The molecule has 0 bridgehead atoms. The van der Waals surface area contributed by atoms with E-state index in [1.165, 1.54) is 4.31 Å². The summed E-state index contributed by atoms with van der Waals surface area (Å²) in [7, 11) is -1.45. The van der Waals surface area contributed by atoms with Crippen LogP contribution in [0.2, 0.25) is 0 Å². The fourth-order valence-corrected chi connectivity index (χ4v) is 4.51. The monoisotopic (exact) mass is 353 g/mol. The number of rotatable bonds is 5. The van der Waals surface area contributed by atoms with E-state index in [0.29, 0.717) is 37.3 Å². The van der Waals surface area contributed by atoms with E-state index in [1.54, 1.807) is 30.1 Å². The molecule has 2 N–H and O–H groups in total. The molecule has 0 atom stereocenters. The van der Waals surface area contributed by atoms with E-state index in [-0.39, 0.29) is 17.1 Å². The summed E-state index contributed by atoms with van der Waals surface area (Å²) in [5, 5.41) is 0. The first-order valence-electron chi connectivity index (χ1n) is 8.14. The Morgan fingerprint density at radius 2 is 2.04 bits per heavy atom. The van der Waals surface area contributed by atoms with Gasteiger partial charge in [-0.25, -0.2) is 8.42 Å². The lowest BCUT2D eigenvalue weighted by Gasteiger charge is -2.29. The molecule has 6 nitrogen and oxygen atoms in total. The first kappa shape index (κ1) is 18.7. The van der Waals surface area contributed by atoms with E-state index in [4.69, 9.17) is 5.73 Å². The third-order valence-electron chi connectivity index (χ3n) is 4.39. The fraction of sp³-hybridized carbons (Fsp3) is 0.588. The van der Waals surface area contributed by atoms with Gasteiger partial charge in [-0.05, 0) is 49.1 Å². The van der Waals surface area contributed by atoms with Crippen LogP contribution in [-0.2, 0) is 10.0 Å². The summed E-state index contributed by atoms with van der Waals surface area (Å²) in [6, 6.07) is 5.20. The summed E-state index contributed by atoms with van der Waals surface area (Å²) in [5.74, 6) is 0.105. The normalized spacial score (nSPS) is 17.1. The molecule has 7 heteroatoms. The molecule has 1 aromatic carbocycles. The summed E-state index contributed by atoms with van der Waals surface area (Å²) >= 11 is 0. The number of benzene rings is 1. The van der Waals surface area contributed by atoms with Gasteiger partial charge in [0.05, 0.1) is 11.4 Å². The smallest absolute Gasteiger partial charge is 0.253 e. The first-order chi connectivity index (χ1) is 11.1. The number of sulfonamides is 1. The van der Waals surface area contributed by atoms with Crippen molar-refractivity contribution in [3.8, 4) is 0 Å². The second-order valence-electron chi connectivity index (χ2n) is 7.27. The van der Waals surface area contributed by atoms with Gasteiger partial charge in [-0.1, -0.05) is 13.8 Å². The van der Waals surface area contributed by atoms with Gasteiger partial charge in [0.15, 0.2) is 0 Å². The van der Waals surface area contributed by atoms with Crippen molar-refractivity contribution in [3.05, 3.63) is 29.3 Å². The van der Waals surface area contributed by atoms with Crippen LogP contribution >= 0.6 is 0 Å². The molecule has 134 valence electrons. The number of amides is 1. The number of nitrogens with zero attached hydrogens (tertiary/aromatic N) is 2. The molecule has 1 heterocycles. The highest BCUT2D eigenvalue weighted by molar-refractivity contribution is 7.93. The van der Waals surface area contributed by atoms with Gasteiger partial charge in [-0.2, -0.15) is 0 Å². The first-order valence-corrected chi connectivity index (χ1v) is 9.75. The lowest BCUT2D eigenvalue weighted by molar-refractivity contribution is 0.0740. The van der Waals surface area contributed by atoms with Crippen molar-refractivity contribution in [2.45, 2.75) is 27.2 Å². The standard InChI is InChI=1S/C17H27N3O3S/c1-13-10-14(20-8-5-9-24(20,22)23)6-7-15(13)16(21)19(4)12-17(2,3)11-18/h6-7,10H,5,8-9,11-12,18H2,1-4H3. The van der Waals surface area contributed by atoms with Crippen LogP contribution in [0.3, 0.4) is 0 Å². The van der Waals surface area contributed by atoms with Gasteiger partial charge in [-0.3, -0.25) is 9.10 Å². The molecule has 2 rings (SSSR count). The van der Waals surface area contributed by atoms with Crippen LogP contribution in [-0.4, -0.2) is 51.7 Å². The van der Waals surface area contributed by atoms with Gasteiger partial charge in [-0.15, -0.1) is 0 Å². The maximum Gasteiger partial charge on any atom is 0.253 e. The van der Waals surface area contributed by atoms with Gasteiger partial charge in [0.2, 0.25) is 10.0 Å². The zero-order valence-electron chi connectivity index (χ0n) is 14.9. The molecule has 0 spiro atoms. The van der Waals surface area contributed by atoms with Gasteiger partial charge in [0, 0.05) is 25.7 Å². The topological polar surface area (TPSA) is 83.7 Å². The third-order valence-corrected chi connectivity index (χ3v) is 6.26. The maximum atomic E-state index is 12.7. The minimum absolute atomic E-state index is 0.0788. The third kappa shape index (κ3) is 3.89. The highest BCUT2D eigenvalue weighted by Gasteiger charge is 2.29. The predicted octanol–water partition coefficient (Wildman–Crippen LogP) is 1.59. The van der Waals surface area contributed by atoms with Crippen LogP contribution < -0.4 is 10.0 Å². The van der Waals surface area contributed by atoms with Crippen molar-refractivity contribution in [2.75, 3.05) is 36.7 Å². The van der Waals surface area contributed by atoms with E-state index >= 15 is 0 Å². The molecular formula is C17H27N3O3S. The van der Waals surface area contributed by atoms with Crippen molar-refractivity contribution in [1.29, 1.82) is 0 Å². The molecule has 1 amide bonds. The highest BCUT2D eigenvalue weighted by Crippen LogP contribution is 2.27. The van der Waals surface area contributed by atoms with Crippen molar-refractivity contribution >= 4 is 21.6 Å². The zero-order valence-corrected chi connectivity index (χ0v) is 15.7. The Morgan fingerprint density at radius 3 is 2.54 bits per heavy atom. The van der Waals surface area contributed by atoms with E-state index < -0.39 is 10.0 Å². The quantitative estimate of drug-likeness (QED) is 0.871. The summed E-state index contributed by atoms with van der Waals surface area (Å²) < 4.78 is 25.5. The molecule has 0 radical (unpaired) electrons. The van der Waals surface area contributed by atoms with Crippen LogP contribution in [0.4, 0.5) is 5.69 Å². The summed E-state index contributed by atoms with van der Waals surface area (Å²) in [6.07, 6.45) is 0.638. The van der Waals surface area contributed by atoms with Crippen molar-refractivity contribution in [1.82, 2.24) is 4.90 Å². The SMILES string of the molecule is Cc1cc(N2CCCS2(=O)=O)ccc1C(=O)N(C)CC(C)(C)CN. The number of aryl methyl sites for hydroxylation is 1. The summed E-state index contributed by atoms with van der Waals surface area (Å²) in [5.41, 5.74) is 7.58. The molecule has 0 unspecified atom stereocenters. The van der Waals surface area contributed by atoms with Crippen LogP contribution in [0.15, 0.2) is 18.2 Å². The average molecular weight is 353 g/mol. The molecule has 1 aromatic rings. The lowest BCUT2D eigenvalue weighted by atomic mass is 9.93. The highest BCUT2D eigenvalue weighted by atomic mass is 32.2. The average Bonchev–Trinajstić information content (AvgIpc) is 2.85. The molecule has 1 aliphatic heterocycles. The Kier molecular flexibility index (Phi) is 5.25. The Hall–Kier alpha value is -1.60. The molecule has 24 heavy (non-hydrogen) atoms. The second kappa shape index (κ2) is 6.72. The van der Waals surface area contributed by atoms with E-state index in [2.05, 4.69) is 0 Å². The molecule has 0 aromatic heterocycles. The number of carbonyl (C=O) groups is 1. The van der Waals surface area contributed by atoms with Gasteiger partial charge in [0.25, 0.3) is 5.91 Å². The number of hydrogen-bond acceptors (Lipinski definition) is 4. The van der Waals surface area contributed by atoms with Crippen molar-refractivity contribution in [3.63, 3.8) is 0 Å². The number of anilines is 1. The predicted molar refractivity (Wildman–Crippen MR) is 96.7 cm³/mol. The van der Waals surface area contributed by atoms with E-state index in [0.717, 1.165) is 5.56 Å². The molecule has 1 aliphatic rings. The Labute approximate surface area is 144 Å². The number of hydrogen-bond donors (Lipinski definition) is 1. The molecule has 0 aliphatic carbocycles. The second-order valence-corrected chi connectivity index (χ2v) is 9.28. The maximum absolute atomic E-state index is 12.7. The number of carbonyl (C=O) groups excluding carboxylic acids is 1. The largest absolute Gasteiger partial charge is 0.341 e. The van der Waals surface area contributed by atoms with E-state index in [9.17, 15) is 13.2 Å². The molecule has 0 saturated carbocycles. The Balaban J connectivity index is 2.22. The zero-order chi connectivity index (χ0) is 18.1. The van der Waals surface area contributed by atoms with Crippen molar-refractivity contribution in [2.24, 2.45) is 11.1 Å². The van der Waals surface area contributed by atoms with Crippen molar-refractivity contribution < 1.29 is 13.2 Å². The van der Waals surface area contributed by atoms with Gasteiger partial charge in [0.1, 0.15) is 0 Å². The van der Waals surface area contributed by atoms with Gasteiger partial charge < -0.3 is 10.6 Å². The van der Waals surface area contributed by atoms with Crippen LogP contribution in [0, 0.1) is 12.3 Å². The van der Waals surface area contributed by atoms with Crippen LogP contribution in [0.25, 0.3) is 0 Å². The fourth-order valence-electron chi connectivity index (χ4n) is 2.96. The van der Waals surface area contributed by atoms with Crippen LogP contribution in [0.1, 0.15) is 36.2 Å². The minimum Gasteiger partial charge on any atom is -0.341 e. The molecule has 1 fully saturated rings. The lowest BCUT2D eigenvalue weighted by Crippen LogP contribution is -2.40. The minimum atomic E-state index is -3.21. The Morgan fingerprint density at radius 1 is 1.38 bits per heavy atom. The van der Waals surface area contributed by atoms with Crippen LogP contribution in [0.5, 0.6) is 0 Å². The summed E-state index contributed by atoms with van der Waals surface area (Å²) in [4.78, 5) is 14.3. The number of nitrogens with two attached hydrogens (primary N) is 1. The van der Waals surface area contributed by atoms with E-state index in [1.807, 2.05) is 20.8 Å².